The van der Waals surface area contributed by atoms with Crippen LogP contribution >= 0.6 is 22.7 Å². The van der Waals surface area contributed by atoms with E-state index in [1.54, 1.807) is 22.2 Å². The van der Waals surface area contributed by atoms with Crippen LogP contribution in [0.1, 0.15) is 16.3 Å². The van der Waals surface area contributed by atoms with Gasteiger partial charge < -0.3 is 0 Å². The predicted molar refractivity (Wildman–Crippen MR) is 100 cm³/mol. The second-order valence-corrected chi connectivity index (χ2v) is 7.65. The maximum atomic E-state index is 13.0. The largest absolute Gasteiger partial charge is 0.293 e. The molecule has 6 heteroatoms. The zero-order valence-electron chi connectivity index (χ0n) is 13.3. The number of aryl methyl sites for hydroxylation is 2. The van der Waals surface area contributed by atoms with Crippen molar-refractivity contribution >= 4 is 32.9 Å². The number of nitrogens with zero attached hydrogens (tertiary/aromatic N) is 3. The van der Waals surface area contributed by atoms with Crippen LogP contribution in [0.4, 0.5) is 0 Å². The van der Waals surface area contributed by atoms with E-state index in [0.717, 1.165) is 26.7 Å². The topological polar surface area (TPSA) is 47.8 Å². The smallest absolute Gasteiger partial charge is 0.263 e. The van der Waals surface area contributed by atoms with Gasteiger partial charge in [0.25, 0.3) is 5.56 Å². The Hall–Kier alpha value is -2.31. The molecule has 0 aliphatic rings. The highest BCUT2D eigenvalue weighted by molar-refractivity contribution is 7.17. The maximum absolute atomic E-state index is 13.0. The minimum Gasteiger partial charge on any atom is -0.293 e. The van der Waals surface area contributed by atoms with Crippen LogP contribution in [0, 0.1) is 13.8 Å². The molecule has 0 amide bonds. The van der Waals surface area contributed by atoms with Crippen molar-refractivity contribution in [2.24, 2.45) is 0 Å². The molecule has 3 heterocycles. The molecule has 120 valence electrons. The highest BCUT2D eigenvalue weighted by Gasteiger charge is 2.14. The Balaban J connectivity index is 1.84. The summed E-state index contributed by atoms with van der Waals surface area (Å²) in [7, 11) is 0. The van der Waals surface area contributed by atoms with Gasteiger partial charge in [0.2, 0.25) is 0 Å². The van der Waals surface area contributed by atoms with Gasteiger partial charge in [0.15, 0.2) is 0 Å². The first-order chi connectivity index (χ1) is 11.6. The van der Waals surface area contributed by atoms with E-state index < -0.39 is 0 Å². The summed E-state index contributed by atoms with van der Waals surface area (Å²) >= 11 is 3.10. The van der Waals surface area contributed by atoms with E-state index in [9.17, 15) is 4.79 Å². The molecule has 0 atom stereocenters. The molecule has 0 saturated carbocycles. The molecule has 4 rings (SSSR count). The van der Waals surface area contributed by atoms with E-state index in [-0.39, 0.29) is 5.56 Å². The fraction of sp³-hybridized carbons (Fsp3) is 0.167. The fourth-order valence-electron chi connectivity index (χ4n) is 2.68. The van der Waals surface area contributed by atoms with Crippen LogP contribution in [0.3, 0.4) is 0 Å². The summed E-state index contributed by atoms with van der Waals surface area (Å²) < 4.78 is 1.64. The van der Waals surface area contributed by atoms with Crippen molar-refractivity contribution in [1.82, 2.24) is 14.5 Å². The SMILES string of the molecule is Cc1ccc(-c2csc3ncn(Cc4csc(C)n4)c(=O)c23)cc1. The van der Waals surface area contributed by atoms with Crippen molar-refractivity contribution in [1.29, 1.82) is 0 Å². The van der Waals surface area contributed by atoms with Gasteiger partial charge in [0, 0.05) is 16.3 Å². The molecule has 0 N–H and O–H groups in total. The Labute approximate surface area is 147 Å². The molecule has 0 bridgehead atoms. The van der Waals surface area contributed by atoms with Crippen molar-refractivity contribution in [2.45, 2.75) is 20.4 Å². The Bertz CT molecular complexity index is 1070. The van der Waals surface area contributed by atoms with Crippen molar-refractivity contribution in [3.8, 4) is 11.1 Å². The summed E-state index contributed by atoms with van der Waals surface area (Å²) in [6.45, 7) is 4.47. The molecule has 0 unspecified atom stereocenters. The zero-order chi connectivity index (χ0) is 16.7. The average Bonchev–Trinajstić information content (AvgIpc) is 3.18. The summed E-state index contributed by atoms with van der Waals surface area (Å²) in [5.74, 6) is 0. The lowest BCUT2D eigenvalue weighted by Gasteiger charge is -2.05. The minimum atomic E-state index is -0.0116. The first kappa shape index (κ1) is 15.2. The normalized spacial score (nSPS) is 11.2. The third kappa shape index (κ3) is 2.68. The predicted octanol–water partition coefficient (Wildman–Crippen LogP) is 4.25. The van der Waals surface area contributed by atoms with Crippen molar-refractivity contribution in [3.63, 3.8) is 0 Å². The van der Waals surface area contributed by atoms with Crippen LogP contribution in [0.5, 0.6) is 0 Å². The molecule has 3 aromatic heterocycles. The van der Waals surface area contributed by atoms with E-state index in [1.807, 2.05) is 17.7 Å². The van der Waals surface area contributed by atoms with Crippen LogP contribution in [0.15, 0.2) is 46.1 Å². The van der Waals surface area contributed by atoms with Crippen LogP contribution < -0.4 is 5.56 Å². The van der Waals surface area contributed by atoms with Crippen LogP contribution in [-0.4, -0.2) is 14.5 Å². The number of aromatic nitrogens is 3. The van der Waals surface area contributed by atoms with Crippen LogP contribution in [-0.2, 0) is 6.54 Å². The first-order valence-electron chi connectivity index (χ1n) is 7.56. The Morgan fingerprint density at radius 2 is 1.88 bits per heavy atom. The molecule has 0 aliphatic carbocycles. The molecule has 1 aromatic carbocycles. The van der Waals surface area contributed by atoms with Crippen LogP contribution in [0.2, 0.25) is 0 Å². The maximum Gasteiger partial charge on any atom is 0.263 e. The monoisotopic (exact) mass is 353 g/mol. The quantitative estimate of drug-likeness (QED) is 0.553. The lowest BCUT2D eigenvalue weighted by atomic mass is 10.1. The summed E-state index contributed by atoms with van der Waals surface area (Å²) in [5, 5.41) is 5.70. The Morgan fingerprint density at radius 1 is 1.08 bits per heavy atom. The number of thiazole rings is 1. The van der Waals surface area contributed by atoms with Gasteiger partial charge in [-0.3, -0.25) is 9.36 Å². The lowest BCUT2D eigenvalue weighted by molar-refractivity contribution is 0.733. The standard InChI is InChI=1S/C18H15N3OS2/c1-11-3-5-13(6-4-11)15-9-24-17-16(15)18(22)21(10-19-17)7-14-8-23-12(2)20-14/h3-6,8-10H,7H2,1-2H3. The van der Waals surface area contributed by atoms with Gasteiger partial charge in [-0.2, -0.15) is 0 Å². The van der Waals surface area contributed by atoms with Gasteiger partial charge >= 0.3 is 0 Å². The van der Waals surface area contributed by atoms with Gasteiger partial charge in [-0.05, 0) is 19.4 Å². The zero-order valence-corrected chi connectivity index (χ0v) is 14.9. The molecule has 0 saturated heterocycles. The third-order valence-electron chi connectivity index (χ3n) is 3.92. The van der Waals surface area contributed by atoms with Gasteiger partial charge in [-0.15, -0.1) is 22.7 Å². The number of rotatable bonds is 3. The molecular weight excluding hydrogens is 338 g/mol. The average molecular weight is 353 g/mol. The fourth-order valence-corrected chi connectivity index (χ4v) is 4.19. The minimum absolute atomic E-state index is 0.0116. The molecule has 0 spiro atoms. The number of thiophene rings is 1. The van der Waals surface area contributed by atoms with Gasteiger partial charge in [0.1, 0.15) is 4.83 Å². The highest BCUT2D eigenvalue weighted by Crippen LogP contribution is 2.30. The Morgan fingerprint density at radius 3 is 2.58 bits per heavy atom. The molecule has 0 radical (unpaired) electrons. The molecule has 0 aliphatic heterocycles. The van der Waals surface area contributed by atoms with Crippen LogP contribution in [0.25, 0.3) is 21.3 Å². The van der Waals surface area contributed by atoms with E-state index >= 15 is 0 Å². The van der Waals surface area contributed by atoms with Gasteiger partial charge in [-0.25, -0.2) is 9.97 Å². The molecule has 24 heavy (non-hydrogen) atoms. The van der Waals surface area contributed by atoms with E-state index in [1.165, 1.54) is 16.9 Å². The van der Waals surface area contributed by atoms with Gasteiger partial charge in [0.05, 0.1) is 29.0 Å². The number of benzene rings is 1. The summed E-state index contributed by atoms with van der Waals surface area (Å²) in [4.78, 5) is 22.7. The summed E-state index contributed by atoms with van der Waals surface area (Å²) in [5.41, 5.74) is 4.09. The van der Waals surface area contributed by atoms with E-state index in [2.05, 4.69) is 41.2 Å². The number of hydrogen-bond donors (Lipinski definition) is 0. The number of hydrogen-bond acceptors (Lipinski definition) is 5. The molecule has 4 aromatic rings. The third-order valence-corrected chi connectivity index (χ3v) is 5.63. The van der Waals surface area contributed by atoms with E-state index in [0.29, 0.717) is 11.9 Å². The van der Waals surface area contributed by atoms with Crippen molar-refractivity contribution in [2.75, 3.05) is 0 Å². The highest BCUT2D eigenvalue weighted by atomic mass is 32.1. The van der Waals surface area contributed by atoms with E-state index in [4.69, 9.17) is 0 Å². The summed E-state index contributed by atoms with van der Waals surface area (Å²) in [6.07, 6.45) is 1.62. The lowest BCUT2D eigenvalue weighted by Crippen LogP contribution is -2.21. The first-order valence-corrected chi connectivity index (χ1v) is 9.32. The second-order valence-electron chi connectivity index (χ2n) is 5.73. The number of fused-ring (bicyclic) bond motifs is 1. The second kappa shape index (κ2) is 5.96. The molecule has 4 nitrogen and oxygen atoms in total. The van der Waals surface area contributed by atoms with Gasteiger partial charge in [-0.1, -0.05) is 29.8 Å². The van der Waals surface area contributed by atoms with Crippen molar-refractivity contribution in [3.05, 3.63) is 68.0 Å². The molecular formula is C18H15N3OS2. The molecule has 0 fully saturated rings. The van der Waals surface area contributed by atoms with Crippen molar-refractivity contribution < 1.29 is 0 Å². The Kier molecular flexibility index (Phi) is 3.78. The summed E-state index contributed by atoms with van der Waals surface area (Å²) in [6, 6.07) is 8.23.